The summed E-state index contributed by atoms with van der Waals surface area (Å²) in [6.45, 7) is 1.40. The van der Waals surface area contributed by atoms with E-state index in [0.717, 1.165) is 24.8 Å². The van der Waals surface area contributed by atoms with Gasteiger partial charge >= 0.3 is 0 Å². The summed E-state index contributed by atoms with van der Waals surface area (Å²) in [5, 5.41) is 8.33. The number of alkyl halides is 1. The summed E-state index contributed by atoms with van der Waals surface area (Å²) >= 11 is 0. The van der Waals surface area contributed by atoms with E-state index in [9.17, 15) is 9.18 Å². The molecule has 6 rings (SSSR count). The van der Waals surface area contributed by atoms with Crippen molar-refractivity contribution >= 4 is 5.91 Å². The molecule has 2 bridgehead atoms. The van der Waals surface area contributed by atoms with E-state index in [4.69, 9.17) is 4.74 Å². The number of carbonyl (C=O) groups excluding carboxylic acids is 1. The largest absolute Gasteiger partial charge is 0.472 e. The predicted molar refractivity (Wildman–Crippen MR) is 112 cm³/mol. The number of nitrogens with zero attached hydrogens (tertiary/aromatic N) is 5. The Morgan fingerprint density at radius 1 is 1.16 bits per heavy atom. The Hall–Kier alpha value is -3.29. The molecule has 1 aliphatic carbocycles. The van der Waals surface area contributed by atoms with E-state index in [-0.39, 0.29) is 24.0 Å². The van der Waals surface area contributed by atoms with Gasteiger partial charge in [-0.05, 0) is 49.8 Å². The first kappa shape index (κ1) is 19.7. The van der Waals surface area contributed by atoms with Gasteiger partial charge in [0, 0.05) is 12.3 Å². The monoisotopic (exact) mass is 421 g/mol. The molecule has 2 aliphatic heterocycles. The standard InChI is InChI=1S/C23H24FN5O2/c1-15-6-9-22(25-14-15)31-21-12-16-7-8-19(21)28(20(16)13-24)23(30)17-4-2-3-5-18(17)29-26-10-11-27-29/h2-6,9-11,14,16,19-21H,7-8,12-13H2,1H3. The van der Waals surface area contributed by atoms with Crippen molar-refractivity contribution in [2.75, 3.05) is 6.67 Å². The van der Waals surface area contributed by atoms with E-state index in [0.29, 0.717) is 17.1 Å². The van der Waals surface area contributed by atoms with Crippen LogP contribution in [0, 0.1) is 12.8 Å². The number of aromatic nitrogens is 4. The Morgan fingerprint density at radius 3 is 2.71 bits per heavy atom. The first-order chi connectivity index (χ1) is 15.2. The lowest BCUT2D eigenvalue weighted by Gasteiger charge is -2.53. The zero-order chi connectivity index (χ0) is 21.4. The Balaban J connectivity index is 1.47. The van der Waals surface area contributed by atoms with Crippen LogP contribution in [-0.4, -0.2) is 55.6 Å². The zero-order valence-corrected chi connectivity index (χ0v) is 17.3. The molecule has 0 spiro atoms. The number of amides is 1. The fourth-order valence-corrected chi connectivity index (χ4v) is 4.90. The molecular weight excluding hydrogens is 397 g/mol. The van der Waals surface area contributed by atoms with E-state index in [2.05, 4.69) is 15.2 Å². The molecule has 0 radical (unpaired) electrons. The van der Waals surface area contributed by atoms with Gasteiger partial charge in [-0.15, -0.1) is 0 Å². The number of rotatable bonds is 5. The van der Waals surface area contributed by atoms with Crippen LogP contribution >= 0.6 is 0 Å². The van der Waals surface area contributed by atoms with Crippen molar-refractivity contribution in [1.29, 1.82) is 0 Å². The summed E-state index contributed by atoms with van der Waals surface area (Å²) in [6, 6.07) is 10.3. The summed E-state index contributed by atoms with van der Waals surface area (Å²) in [4.78, 5) is 21.2. The van der Waals surface area contributed by atoms with Crippen LogP contribution < -0.4 is 4.74 Å². The third-order valence-electron chi connectivity index (χ3n) is 6.37. The molecule has 31 heavy (non-hydrogen) atoms. The first-order valence-electron chi connectivity index (χ1n) is 10.6. The fourth-order valence-electron chi connectivity index (χ4n) is 4.90. The van der Waals surface area contributed by atoms with Gasteiger partial charge < -0.3 is 9.64 Å². The number of halogens is 1. The highest BCUT2D eigenvalue weighted by Gasteiger charge is 2.50. The minimum absolute atomic E-state index is 0.0596. The average molecular weight is 421 g/mol. The van der Waals surface area contributed by atoms with Crippen LogP contribution in [0.3, 0.4) is 0 Å². The third kappa shape index (κ3) is 3.56. The van der Waals surface area contributed by atoms with Crippen LogP contribution in [0.25, 0.3) is 5.69 Å². The van der Waals surface area contributed by atoms with Gasteiger partial charge in [-0.2, -0.15) is 15.0 Å². The van der Waals surface area contributed by atoms with E-state index in [1.807, 2.05) is 25.1 Å². The number of piperidine rings is 2. The summed E-state index contributed by atoms with van der Waals surface area (Å²) in [5.74, 6) is 0.383. The smallest absolute Gasteiger partial charge is 0.256 e. The zero-order valence-electron chi connectivity index (χ0n) is 17.3. The average Bonchev–Trinajstić information content (AvgIpc) is 3.35. The maximum absolute atomic E-state index is 14.2. The van der Waals surface area contributed by atoms with Crippen molar-refractivity contribution in [2.45, 2.75) is 44.4 Å². The molecule has 1 amide bonds. The summed E-state index contributed by atoms with van der Waals surface area (Å²) < 4.78 is 20.4. The van der Waals surface area contributed by atoms with Gasteiger partial charge in [-0.1, -0.05) is 18.2 Å². The summed E-state index contributed by atoms with van der Waals surface area (Å²) in [5.41, 5.74) is 2.08. The van der Waals surface area contributed by atoms with E-state index < -0.39 is 12.7 Å². The predicted octanol–water partition coefficient (Wildman–Crippen LogP) is 3.38. The number of aryl methyl sites for hydroxylation is 1. The molecule has 2 aromatic heterocycles. The molecule has 4 heterocycles. The van der Waals surface area contributed by atoms with Gasteiger partial charge in [0.2, 0.25) is 5.88 Å². The van der Waals surface area contributed by atoms with Crippen LogP contribution in [0.15, 0.2) is 55.0 Å². The third-order valence-corrected chi connectivity index (χ3v) is 6.37. The Morgan fingerprint density at radius 2 is 1.97 bits per heavy atom. The molecule has 7 nitrogen and oxygen atoms in total. The van der Waals surface area contributed by atoms with Crippen molar-refractivity contribution in [3.63, 3.8) is 0 Å². The maximum atomic E-state index is 14.2. The number of para-hydroxylation sites is 1. The van der Waals surface area contributed by atoms with E-state index in [1.165, 1.54) is 4.80 Å². The Labute approximate surface area is 179 Å². The number of carbonyl (C=O) groups is 1. The minimum atomic E-state index is -0.565. The van der Waals surface area contributed by atoms with Crippen molar-refractivity contribution in [3.8, 4) is 11.6 Å². The molecular formula is C23H24FN5O2. The molecule has 1 saturated carbocycles. The molecule has 2 saturated heterocycles. The highest BCUT2D eigenvalue weighted by Crippen LogP contribution is 2.42. The quantitative estimate of drug-likeness (QED) is 0.632. The maximum Gasteiger partial charge on any atom is 0.256 e. The van der Waals surface area contributed by atoms with Gasteiger partial charge in [0.15, 0.2) is 0 Å². The highest BCUT2D eigenvalue weighted by atomic mass is 19.1. The lowest BCUT2D eigenvalue weighted by molar-refractivity contribution is -0.0703. The molecule has 4 unspecified atom stereocenters. The van der Waals surface area contributed by atoms with Crippen LogP contribution in [0.2, 0.25) is 0 Å². The van der Waals surface area contributed by atoms with Crippen molar-refractivity contribution in [3.05, 3.63) is 66.1 Å². The molecule has 4 atom stereocenters. The lowest BCUT2D eigenvalue weighted by Crippen LogP contribution is -2.65. The lowest BCUT2D eigenvalue weighted by atomic mass is 9.73. The Bertz CT molecular complexity index is 1060. The topological polar surface area (TPSA) is 73.1 Å². The van der Waals surface area contributed by atoms with Gasteiger partial charge in [0.1, 0.15) is 12.8 Å². The van der Waals surface area contributed by atoms with E-state index in [1.54, 1.807) is 41.7 Å². The van der Waals surface area contributed by atoms with Gasteiger partial charge in [-0.25, -0.2) is 9.37 Å². The SMILES string of the molecule is Cc1ccc(OC2CC3CCC2N(C(=O)c2ccccc2-n2nccn2)C3CF)nc1. The minimum Gasteiger partial charge on any atom is -0.472 e. The van der Waals surface area contributed by atoms with Crippen molar-refractivity contribution in [1.82, 2.24) is 24.9 Å². The second-order valence-electron chi connectivity index (χ2n) is 8.24. The molecule has 8 heteroatoms. The number of ether oxygens (including phenoxy) is 1. The number of hydrogen-bond acceptors (Lipinski definition) is 5. The number of pyridine rings is 1. The molecule has 160 valence electrons. The van der Waals surface area contributed by atoms with Gasteiger partial charge in [0.05, 0.1) is 35.7 Å². The summed E-state index contributed by atoms with van der Waals surface area (Å²) in [6.07, 6.45) is 7.08. The second kappa shape index (κ2) is 8.09. The number of benzene rings is 1. The van der Waals surface area contributed by atoms with Crippen LogP contribution in [0.5, 0.6) is 5.88 Å². The Kier molecular flexibility index (Phi) is 5.13. The number of fused-ring (bicyclic) bond motifs is 3. The van der Waals surface area contributed by atoms with Gasteiger partial charge in [-0.3, -0.25) is 4.79 Å². The summed E-state index contributed by atoms with van der Waals surface area (Å²) in [7, 11) is 0. The normalized spacial score (nSPS) is 24.9. The van der Waals surface area contributed by atoms with Crippen molar-refractivity contribution in [2.24, 2.45) is 5.92 Å². The highest BCUT2D eigenvalue weighted by molar-refractivity contribution is 5.98. The molecule has 1 aromatic carbocycles. The van der Waals surface area contributed by atoms with Crippen molar-refractivity contribution < 1.29 is 13.9 Å². The number of hydrogen-bond donors (Lipinski definition) is 0. The fraction of sp³-hybridized carbons (Fsp3) is 0.391. The molecule has 3 aromatic rings. The van der Waals surface area contributed by atoms with Gasteiger partial charge in [0.25, 0.3) is 5.91 Å². The second-order valence-corrected chi connectivity index (χ2v) is 8.24. The molecule has 0 N–H and O–H groups in total. The van der Waals surface area contributed by atoms with Crippen LogP contribution in [-0.2, 0) is 0 Å². The molecule has 3 fully saturated rings. The van der Waals surface area contributed by atoms with Crippen LogP contribution in [0.4, 0.5) is 4.39 Å². The van der Waals surface area contributed by atoms with E-state index >= 15 is 0 Å². The van der Waals surface area contributed by atoms with Crippen LogP contribution in [0.1, 0.15) is 35.2 Å². The first-order valence-corrected chi connectivity index (χ1v) is 10.6. The molecule has 3 aliphatic rings.